The summed E-state index contributed by atoms with van der Waals surface area (Å²) in [6.07, 6.45) is 4.40. The van der Waals surface area contributed by atoms with Gasteiger partial charge in [-0.1, -0.05) is 194 Å². The second-order valence-electron chi connectivity index (χ2n) is 17.3. The summed E-state index contributed by atoms with van der Waals surface area (Å²) in [7, 11) is 0. The highest BCUT2D eigenvalue weighted by Crippen LogP contribution is 2.46. The van der Waals surface area contributed by atoms with Gasteiger partial charge in [-0.25, -0.2) is 0 Å². The van der Waals surface area contributed by atoms with Gasteiger partial charge in [-0.3, -0.25) is 0 Å². The van der Waals surface area contributed by atoms with Crippen molar-refractivity contribution in [2.75, 3.05) is 9.80 Å². The molecule has 2 nitrogen and oxygen atoms in total. The van der Waals surface area contributed by atoms with Crippen molar-refractivity contribution in [3.05, 3.63) is 254 Å². The van der Waals surface area contributed by atoms with Crippen molar-refractivity contribution in [1.82, 2.24) is 0 Å². The number of benzene rings is 13. The fourth-order valence-corrected chi connectivity index (χ4v) is 10.4. The van der Waals surface area contributed by atoms with E-state index in [9.17, 15) is 0 Å². The lowest BCUT2D eigenvalue weighted by Gasteiger charge is -2.28. The highest BCUT2D eigenvalue weighted by atomic mass is 15.1. The van der Waals surface area contributed by atoms with Crippen LogP contribution in [-0.2, 0) is 0 Å². The Morgan fingerprint density at radius 1 is 0.227 bits per heavy atom. The van der Waals surface area contributed by atoms with E-state index in [1.54, 1.807) is 0 Å². The van der Waals surface area contributed by atoms with Crippen molar-refractivity contribution < 1.29 is 0 Å². The Hall–Kier alpha value is -8.72. The lowest BCUT2D eigenvalue weighted by atomic mass is 9.93. The maximum atomic E-state index is 2.39. The molecule has 0 N–H and O–H groups in total. The molecule has 0 saturated heterocycles. The van der Waals surface area contributed by atoms with Crippen LogP contribution in [0.3, 0.4) is 0 Å². The highest BCUT2D eigenvalue weighted by molar-refractivity contribution is 6.27. The molecule has 2 heteroatoms. The van der Waals surface area contributed by atoms with Crippen LogP contribution in [0.4, 0.5) is 34.1 Å². The number of hydrogen-bond acceptors (Lipinski definition) is 2. The zero-order valence-electron chi connectivity index (χ0n) is 36.1. The second-order valence-corrected chi connectivity index (χ2v) is 17.3. The summed E-state index contributed by atoms with van der Waals surface area (Å²) in [5.74, 6) is 0. The van der Waals surface area contributed by atoms with Gasteiger partial charge in [-0.2, -0.15) is 0 Å². The third-order valence-corrected chi connectivity index (χ3v) is 13.5. The first-order valence-corrected chi connectivity index (χ1v) is 22.7. The summed E-state index contributed by atoms with van der Waals surface area (Å²) < 4.78 is 0. The molecule has 0 bridgehead atoms. The van der Waals surface area contributed by atoms with Crippen LogP contribution in [0.2, 0.25) is 0 Å². The second kappa shape index (κ2) is 15.5. The van der Waals surface area contributed by atoms with Gasteiger partial charge in [0, 0.05) is 33.5 Å². The summed E-state index contributed by atoms with van der Waals surface area (Å²) >= 11 is 0. The molecule has 308 valence electrons. The number of rotatable bonds is 9. The van der Waals surface area contributed by atoms with Gasteiger partial charge in [0.1, 0.15) is 0 Å². The van der Waals surface area contributed by atoms with Gasteiger partial charge in [0.05, 0.1) is 11.4 Å². The highest BCUT2D eigenvalue weighted by Gasteiger charge is 2.20. The molecule has 0 aromatic heterocycles. The smallest absolute Gasteiger partial charge is 0.0540 e. The molecule has 0 saturated carbocycles. The summed E-state index contributed by atoms with van der Waals surface area (Å²) in [6, 6.07) is 88.6. The van der Waals surface area contributed by atoms with E-state index in [0.717, 1.165) is 33.9 Å². The summed E-state index contributed by atoms with van der Waals surface area (Å²) in [5.41, 5.74) is 11.5. The van der Waals surface area contributed by atoms with Gasteiger partial charge in [0.15, 0.2) is 0 Å². The minimum absolute atomic E-state index is 1.12. The van der Waals surface area contributed by atoms with Crippen LogP contribution in [0.15, 0.2) is 243 Å². The maximum absolute atomic E-state index is 2.39. The zero-order valence-corrected chi connectivity index (χ0v) is 36.1. The van der Waals surface area contributed by atoms with Crippen LogP contribution in [0, 0.1) is 0 Å². The quantitative estimate of drug-likeness (QED) is 0.106. The Bertz CT molecular complexity index is 3860. The van der Waals surface area contributed by atoms with Crippen molar-refractivity contribution in [3.63, 3.8) is 0 Å². The molecule has 13 rings (SSSR count). The minimum Gasteiger partial charge on any atom is -0.310 e. The third-order valence-electron chi connectivity index (χ3n) is 13.5. The van der Waals surface area contributed by atoms with E-state index in [4.69, 9.17) is 0 Å². The van der Waals surface area contributed by atoms with Crippen molar-refractivity contribution in [2.24, 2.45) is 0 Å². The van der Waals surface area contributed by atoms with E-state index in [1.165, 1.54) is 87.1 Å². The molecule has 0 spiro atoms. The monoisotopic (exact) mass is 838 g/mol. The van der Waals surface area contributed by atoms with E-state index in [-0.39, 0.29) is 0 Å². The van der Waals surface area contributed by atoms with E-state index < -0.39 is 0 Å². The summed E-state index contributed by atoms with van der Waals surface area (Å²) in [4.78, 5) is 4.78. The van der Waals surface area contributed by atoms with Crippen LogP contribution in [-0.4, -0.2) is 0 Å². The molecular weight excluding hydrogens is 797 g/mol. The van der Waals surface area contributed by atoms with Crippen molar-refractivity contribution >= 4 is 111 Å². The molecule has 0 aliphatic heterocycles. The number of para-hydroxylation sites is 2. The molecule has 13 aromatic rings. The van der Waals surface area contributed by atoms with Crippen LogP contribution >= 0.6 is 0 Å². The van der Waals surface area contributed by atoms with Crippen LogP contribution in [0.5, 0.6) is 0 Å². The van der Waals surface area contributed by atoms with Crippen LogP contribution in [0.1, 0.15) is 11.1 Å². The molecule has 0 atom stereocenters. The molecule has 0 aliphatic rings. The average Bonchev–Trinajstić information content (AvgIpc) is 3.39. The average molecular weight is 839 g/mol. The molecule has 0 aliphatic carbocycles. The van der Waals surface area contributed by atoms with Crippen molar-refractivity contribution in [3.8, 4) is 11.1 Å². The largest absolute Gasteiger partial charge is 0.310 e. The first-order valence-electron chi connectivity index (χ1n) is 22.7. The molecular formula is C64H42N2. The maximum Gasteiger partial charge on any atom is 0.0540 e. The Morgan fingerprint density at radius 3 is 0.970 bits per heavy atom. The topological polar surface area (TPSA) is 6.48 Å². The molecule has 0 unspecified atom stereocenters. The standard InChI is InChI=1S/C64H42N2/c1-3-13-53(14-4-1)65(59-41-33-51-27-25-47-9-7-11-49-31-39-57(59)63(51)61(47)49)55-35-21-44(22-36-55)18-17-43-19-23-45(24-20-43)46-29-37-56(38-30-46)66(54-15-5-2-6-16-54)60-42-34-52-28-26-48-10-8-12-50-32-40-58(60)64(52)62(48)50/h1-42H. The summed E-state index contributed by atoms with van der Waals surface area (Å²) in [5, 5.41) is 15.4. The predicted octanol–water partition coefficient (Wildman–Crippen LogP) is 18.3. The predicted molar refractivity (Wildman–Crippen MR) is 284 cm³/mol. The van der Waals surface area contributed by atoms with Crippen LogP contribution in [0.25, 0.3) is 87.9 Å². The van der Waals surface area contributed by atoms with E-state index in [1.807, 2.05) is 0 Å². The molecule has 0 fully saturated rings. The molecule has 0 radical (unpaired) electrons. The lowest BCUT2D eigenvalue weighted by Crippen LogP contribution is -2.10. The van der Waals surface area contributed by atoms with E-state index in [0.29, 0.717) is 0 Å². The Balaban J connectivity index is 0.778. The van der Waals surface area contributed by atoms with Gasteiger partial charge < -0.3 is 9.80 Å². The lowest BCUT2D eigenvalue weighted by molar-refractivity contribution is 1.30. The number of anilines is 6. The molecule has 66 heavy (non-hydrogen) atoms. The van der Waals surface area contributed by atoms with Gasteiger partial charge in [-0.05, 0) is 137 Å². The third kappa shape index (κ3) is 6.34. The van der Waals surface area contributed by atoms with Gasteiger partial charge in [0.2, 0.25) is 0 Å². The number of nitrogens with zero attached hydrogens (tertiary/aromatic N) is 2. The first-order chi connectivity index (χ1) is 32.7. The normalized spacial score (nSPS) is 11.9. The van der Waals surface area contributed by atoms with E-state index >= 15 is 0 Å². The fraction of sp³-hybridized carbons (Fsp3) is 0. The van der Waals surface area contributed by atoms with Crippen molar-refractivity contribution in [1.29, 1.82) is 0 Å². The molecule has 0 heterocycles. The van der Waals surface area contributed by atoms with E-state index in [2.05, 4.69) is 265 Å². The van der Waals surface area contributed by atoms with Gasteiger partial charge in [-0.15, -0.1) is 0 Å². The number of hydrogen-bond donors (Lipinski definition) is 0. The molecule has 13 aromatic carbocycles. The first kappa shape index (κ1) is 37.8. The SMILES string of the molecule is C(=Cc1ccc(N(c2ccccc2)c2ccc3ccc4cccc5ccc2c3c45)cc1)c1ccc(-c2ccc(N(c3ccccc3)c3ccc4ccc5cccc6ccc3c4c56)cc2)cc1. The minimum atomic E-state index is 1.12. The Morgan fingerprint density at radius 2 is 0.545 bits per heavy atom. The fourth-order valence-electron chi connectivity index (χ4n) is 10.4. The van der Waals surface area contributed by atoms with Gasteiger partial charge >= 0.3 is 0 Å². The molecule has 0 amide bonds. The van der Waals surface area contributed by atoms with Crippen LogP contribution < -0.4 is 9.80 Å². The Labute approximate surface area is 383 Å². The zero-order chi connectivity index (χ0) is 43.6. The van der Waals surface area contributed by atoms with Gasteiger partial charge in [0.25, 0.3) is 0 Å². The summed E-state index contributed by atoms with van der Waals surface area (Å²) in [6.45, 7) is 0. The Kier molecular flexibility index (Phi) is 8.89. The van der Waals surface area contributed by atoms with Crippen molar-refractivity contribution in [2.45, 2.75) is 0 Å².